The van der Waals surface area contributed by atoms with Crippen LogP contribution in [0.1, 0.15) is 45.1 Å². The number of hydrogen-bond acceptors (Lipinski definition) is 3. The molecule has 0 saturated heterocycles. The van der Waals surface area contributed by atoms with E-state index in [1.165, 1.54) is 32.1 Å². The molecule has 16 heavy (non-hydrogen) atoms. The highest BCUT2D eigenvalue weighted by molar-refractivity contribution is 4.84. The van der Waals surface area contributed by atoms with Crippen LogP contribution in [-0.4, -0.2) is 21.3 Å². The molecule has 1 saturated carbocycles. The van der Waals surface area contributed by atoms with Crippen molar-refractivity contribution in [1.82, 2.24) is 14.8 Å². The van der Waals surface area contributed by atoms with Crippen molar-refractivity contribution in [1.29, 1.82) is 0 Å². The van der Waals surface area contributed by atoms with Gasteiger partial charge in [-0.2, -0.15) is 5.10 Å². The Hall–Kier alpha value is -0.900. The quantitative estimate of drug-likeness (QED) is 0.847. The van der Waals surface area contributed by atoms with Crippen molar-refractivity contribution in [2.75, 3.05) is 6.54 Å². The summed E-state index contributed by atoms with van der Waals surface area (Å²) in [6.07, 6.45) is 9.87. The zero-order valence-electron chi connectivity index (χ0n) is 10.0. The highest BCUT2D eigenvalue weighted by Crippen LogP contribution is 2.38. The molecule has 0 amide bonds. The van der Waals surface area contributed by atoms with Gasteiger partial charge in [-0.15, -0.1) is 0 Å². The van der Waals surface area contributed by atoms with Crippen molar-refractivity contribution in [2.45, 2.75) is 45.1 Å². The molecule has 4 heteroatoms. The van der Waals surface area contributed by atoms with E-state index in [9.17, 15) is 0 Å². The van der Waals surface area contributed by atoms with E-state index in [0.717, 1.165) is 12.5 Å². The van der Waals surface area contributed by atoms with Gasteiger partial charge in [0.05, 0.1) is 6.04 Å². The summed E-state index contributed by atoms with van der Waals surface area (Å²) in [4.78, 5) is 4.05. The van der Waals surface area contributed by atoms with Gasteiger partial charge in [-0.3, -0.25) is 0 Å². The summed E-state index contributed by atoms with van der Waals surface area (Å²) in [6.45, 7) is 3.03. The standard InChI is InChI=1S/C12H22N4/c1-2-3-10-4-5-11(7-13)12(6-10)16-9-14-8-15-16/h8-12H,2-7,13H2,1H3. The minimum Gasteiger partial charge on any atom is -0.330 e. The normalized spacial score (nSPS) is 30.5. The van der Waals surface area contributed by atoms with E-state index in [4.69, 9.17) is 5.73 Å². The molecule has 0 aromatic carbocycles. The maximum Gasteiger partial charge on any atom is 0.137 e. The van der Waals surface area contributed by atoms with Gasteiger partial charge in [0, 0.05) is 0 Å². The van der Waals surface area contributed by atoms with E-state index in [1.54, 1.807) is 6.33 Å². The second-order valence-electron chi connectivity index (χ2n) is 4.91. The Morgan fingerprint density at radius 2 is 2.31 bits per heavy atom. The topological polar surface area (TPSA) is 56.7 Å². The van der Waals surface area contributed by atoms with Crippen LogP contribution >= 0.6 is 0 Å². The van der Waals surface area contributed by atoms with Crippen LogP contribution in [0.2, 0.25) is 0 Å². The van der Waals surface area contributed by atoms with Crippen LogP contribution in [0.15, 0.2) is 12.7 Å². The molecule has 0 radical (unpaired) electrons. The van der Waals surface area contributed by atoms with Crippen LogP contribution in [0.4, 0.5) is 0 Å². The Morgan fingerprint density at radius 3 is 2.94 bits per heavy atom. The summed E-state index contributed by atoms with van der Waals surface area (Å²) in [7, 11) is 0. The lowest BCUT2D eigenvalue weighted by Crippen LogP contribution is -2.32. The first-order chi connectivity index (χ1) is 7.85. The lowest BCUT2D eigenvalue weighted by atomic mass is 9.76. The van der Waals surface area contributed by atoms with Crippen molar-refractivity contribution in [3.8, 4) is 0 Å². The van der Waals surface area contributed by atoms with Gasteiger partial charge in [0.1, 0.15) is 12.7 Å². The van der Waals surface area contributed by atoms with Crippen molar-refractivity contribution >= 4 is 0 Å². The van der Waals surface area contributed by atoms with Gasteiger partial charge in [0.15, 0.2) is 0 Å². The monoisotopic (exact) mass is 222 g/mol. The van der Waals surface area contributed by atoms with E-state index >= 15 is 0 Å². The van der Waals surface area contributed by atoms with E-state index in [1.807, 2.05) is 11.0 Å². The smallest absolute Gasteiger partial charge is 0.137 e. The lowest BCUT2D eigenvalue weighted by Gasteiger charge is -2.35. The molecular weight excluding hydrogens is 200 g/mol. The summed E-state index contributed by atoms with van der Waals surface area (Å²) in [5, 5.41) is 4.28. The zero-order chi connectivity index (χ0) is 11.4. The van der Waals surface area contributed by atoms with Crippen LogP contribution in [-0.2, 0) is 0 Å². The van der Waals surface area contributed by atoms with Crippen LogP contribution in [0, 0.1) is 11.8 Å². The van der Waals surface area contributed by atoms with E-state index in [-0.39, 0.29) is 0 Å². The van der Waals surface area contributed by atoms with Crippen LogP contribution in [0.25, 0.3) is 0 Å². The maximum atomic E-state index is 5.86. The maximum absolute atomic E-state index is 5.86. The van der Waals surface area contributed by atoms with E-state index in [2.05, 4.69) is 17.0 Å². The number of nitrogens with zero attached hydrogens (tertiary/aromatic N) is 3. The first-order valence-corrected chi connectivity index (χ1v) is 6.39. The second-order valence-corrected chi connectivity index (χ2v) is 4.91. The Balaban J connectivity index is 2.05. The Bertz CT molecular complexity index is 296. The van der Waals surface area contributed by atoms with Gasteiger partial charge in [-0.1, -0.05) is 19.8 Å². The number of nitrogens with two attached hydrogens (primary N) is 1. The number of hydrogen-bond donors (Lipinski definition) is 1. The Morgan fingerprint density at radius 1 is 1.44 bits per heavy atom. The van der Waals surface area contributed by atoms with Gasteiger partial charge in [-0.25, -0.2) is 9.67 Å². The van der Waals surface area contributed by atoms with Gasteiger partial charge in [0.2, 0.25) is 0 Å². The Labute approximate surface area is 97.2 Å². The summed E-state index contributed by atoms with van der Waals surface area (Å²) >= 11 is 0. The summed E-state index contributed by atoms with van der Waals surface area (Å²) in [6, 6.07) is 0.470. The minimum absolute atomic E-state index is 0.470. The van der Waals surface area contributed by atoms with Gasteiger partial charge in [-0.05, 0) is 37.6 Å². The minimum atomic E-state index is 0.470. The highest BCUT2D eigenvalue weighted by Gasteiger charge is 2.30. The van der Waals surface area contributed by atoms with Crippen LogP contribution in [0.5, 0.6) is 0 Å². The molecular formula is C12H22N4. The van der Waals surface area contributed by atoms with E-state index < -0.39 is 0 Å². The molecule has 3 atom stereocenters. The second kappa shape index (κ2) is 5.43. The fourth-order valence-electron chi connectivity index (χ4n) is 2.95. The predicted molar refractivity (Wildman–Crippen MR) is 63.9 cm³/mol. The molecule has 2 N–H and O–H groups in total. The highest BCUT2D eigenvalue weighted by atomic mass is 15.3. The predicted octanol–water partition coefficient (Wildman–Crippen LogP) is 1.99. The molecule has 4 nitrogen and oxygen atoms in total. The van der Waals surface area contributed by atoms with Crippen LogP contribution < -0.4 is 5.73 Å². The largest absolute Gasteiger partial charge is 0.330 e. The first kappa shape index (κ1) is 11.6. The molecule has 1 aromatic heterocycles. The number of aromatic nitrogens is 3. The molecule has 1 aliphatic rings. The first-order valence-electron chi connectivity index (χ1n) is 6.39. The molecule has 1 fully saturated rings. The molecule has 1 aliphatic carbocycles. The third-order valence-corrected chi connectivity index (χ3v) is 3.84. The molecule has 0 bridgehead atoms. The van der Waals surface area contributed by atoms with Crippen molar-refractivity contribution in [2.24, 2.45) is 17.6 Å². The molecule has 0 spiro atoms. The summed E-state index contributed by atoms with van der Waals surface area (Å²) in [5.74, 6) is 1.43. The molecule has 3 unspecified atom stereocenters. The average molecular weight is 222 g/mol. The van der Waals surface area contributed by atoms with Gasteiger partial charge < -0.3 is 5.73 Å². The summed E-state index contributed by atoms with van der Waals surface area (Å²) in [5.41, 5.74) is 5.86. The SMILES string of the molecule is CCCC1CCC(CN)C(n2cncn2)C1. The summed E-state index contributed by atoms with van der Waals surface area (Å²) < 4.78 is 2.01. The fourth-order valence-corrected chi connectivity index (χ4v) is 2.95. The van der Waals surface area contributed by atoms with Gasteiger partial charge >= 0.3 is 0 Å². The lowest BCUT2D eigenvalue weighted by molar-refractivity contribution is 0.169. The number of rotatable bonds is 4. The van der Waals surface area contributed by atoms with Crippen molar-refractivity contribution in [3.63, 3.8) is 0 Å². The van der Waals surface area contributed by atoms with Gasteiger partial charge in [0.25, 0.3) is 0 Å². The molecule has 1 aromatic rings. The average Bonchev–Trinajstić information content (AvgIpc) is 2.83. The molecule has 2 rings (SSSR count). The molecule has 90 valence electrons. The van der Waals surface area contributed by atoms with Crippen molar-refractivity contribution in [3.05, 3.63) is 12.7 Å². The third-order valence-electron chi connectivity index (χ3n) is 3.84. The van der Waals surface area contributed by atoms with Crippen LogP contribution in [0.3, 0.4) is 0 Å². The molecule has 0 aliphatic heterocycles. The Kier molecular flexibility index (Phi) is 3.93. The molecule has 1 heterocycles. The fraction of sp³-hybridized carbons (Fsp3) is 0.833. The van der Waals surface area contributed by atoms with Crippen molar-refractivity contribution < 1.29 is 0 Å². The zero-order valence-corrected chi connectivity index (χ0v) is 10.0. The van der Waals surface area contributed by atoms with E-state index in [0.29, 0.717) is 12.0 Å². The third kappa shape index (κ3) is 2.43.